The van der Waals surface area contributed by atoms with Gasteiger partial charge in [0.1, 0.15) is 0 Å². The average molecular weight is 222 g/mol. The molecule has 2 aliphatic rings. The summed E-state index contributed by atoms with van der Waals surface area (Å²) < 4.78 is 0. The van der Waals surface area contributed by atoms with E-state index in [1.54, 1.807) is 0 Å². The third-order valence-electron chi connectivity index (χ3n) is 5.04. The molecule has 2 rings (SSSR count). The summed E-state index contributed by atoms with van der Waals surface area (Å²) in [6.07, 6.45) is 6.15. The van der Waals surface area contributed by atoms with Gasteiger partial charge in [0.25, 0.3) is 0 Å². The Hall–Kier alpha value is -0.300. The zero-order valence-electron chi connectivity index (χ0n) is 11.0. The minimum Gasteiger partial charge on any atom is -0.393 e. The van der Waals surface area contributed by atoms with Gasteiger partial charge in [0.05, 0.1) is 6.10 Å². The van der Waals surface area contributed by atoms with Crippen molar-refractivity contribution in [2.75, 3.05) is 0 Å². The molecule has 0 spiro atoms. The summed E-state index contributed by atoms with van der Waals surface area (Å²) in [6.45, 7) is 11.0. The quantitative estimate of drug-likeness (QED) is 0.705. The Kier molecular flexibility index (Phi) is 3.18. The van der Waals surface area contributed by atoms with E-state index >= 15 is 0 Å². The Morgan fingerprint density at radius 2 is 2.06 bits per heavy atom. The van der Waals surface area contributed by atoms with Crippen molar-refractivity contribution in [2.45, 2.75) is 59.0 Å². The Labute approximate surface area is 99.9 Å². The highest BCUT2D eigenvalue weighted by molar-refractivity contribution is 5.16. The van der Waals surface area contributed by atoms with E-state index in [9.17, 15) is 5.11 Å². The van der Waals surface area contributed by atoms with Crippen molar-refractivity contribution in [3.8, 4) is 0 Å². The highest BCUT2D eigenvalue weighted by Crippen LogP contribution is 2.57. The van der Waals surface area contributed by atoms with Crippen LogP contribution in [0.3, 0.4) is 0 Å². The van der Waals surface area contributed by atoms with Crippen molar-refractivity contribution < 1.29 is 5.11 Å². The van der Waals surface area contributed by atoms with E-state index in [4.69, 9.17) is 0 Å². The Morgan fingerprint density at radius 3 is 2.69 bits per heavy atom. The van der Waals surface area contributed by atoms with E-state index in [1.165, 1.54) is 37.7 Å². The van der Waals surface area contributed by atoms with Crippen LogP contribution >= 0.6 is 0 Å². The zero-order chi connectivity index (χ0) is 11.9. The van der Waals surface area contributed by atoms with Gasteiger partial charge in [0, 0.05) is 0 Å². The molecule has 0 aromatic heterocycles. The van der Waals surface area contributed by atoms with Gasteiger partial charge in [-0.15, -0.1) is 0 Å². The molecular formula is C15H26O. The van der Waals surface area contributed by atoms with Gasteiger partial charge in [-0.3, -0.25) is 0 Å². The maximum absolute atomic E-state index is 10.4. The van der Waals surface area contributed by atoms with Crippen LogP contribution < -0.4 is 0 Å². The molecule has 0 amide bonds. The minimum atomic E-state index is -0.137. The van der Waals surface area contributed by atoms with Crippen molar-refractivity contribution in [2.24, 2.45) is 23.2 Å². The highest BCUT2D eigenvalue weighted by Gasteiger charge is 2.50. The Balaban J connectivity index is 2.21. The lowest BCUT2D eigenvalue weighted by molar-refractivity contribution is 0.0320. The van der Waals surface area contributed by atoms with Crippen LogP contribution in [0, 0.1) is 23.2 Å². The molecule has 4 atom stereocenters. The van der Waals surface area contributed by atoms with Gasteiger partial charge >= 0.3 is 0 Å². The maximum atomic E-state index is 10.4. The van der Waals surface area contributed by atoms with Crippen LogP contribution in [0.1, 0.15) is 52.9 Å². The summed E-state index contributed by atoms with van der Waals surface area (Å²) in [7, 11) is 0. The van der Waals surface area contributed by atoms with E-state index in [0.29, 0.717) is 23.2 Å². The molecule has 0 heterocycles. The van der Waals surface area contributed by atoms with Gasteiger partial charge in [-0.1, -0.05) is 32.9 Å². The molecule has 0 radical (unpaired) electrons. The summed E-state index contributed by atoms with van der Waals surface area (Å²) in [5.41, 5.74) is 1.85. The fourth-order valence-electron chi connectivity index (χ4n) is 4.15. The van der Waals surface area contributed by atoms with Crippen molar-refractivity contribution in [3.63, 3.8) is 0 Å². The first-order valence-corrected chi connectivity index (χ1v) is 6.81. The van der Waals surface area contributed by atoms with Crippen molar-refractivity contribution in [1.82, 2.24) is 0 Å². The molecule has 1 nitrogen and oxygen atoms in total. The van der Waals surface area contributed by atoms with Crippen molar-refractivity contribution in [3.05, 3.63) is 12.2 Å². The average Bonchev–Trinajstić information content (AvgIpc) is 2.55. The maximum Gasteiger partial charge on any atom is 0.0597 e. The number of allylic oxidation sites excluding steroid dienone is 1. The number of aliphatic hydroxyl groups excluding tert-OH is 1. The molecule has 16 heavy (non-hydrogen) atoms. The molecule has 1 heteroatoms. The van der Waals surface area contributed by atoms with Crippen LogP contribution in [0.15, 0.2) is 12.2 Å². The highest BCUT2D eigenvalue weighted by atomic mass is 16.3. The first-order chi connectivity index (χ1) is 7.46. The summed E-state index contributed by atoms with van der Waals surface area (Å²) in [5, 5.41) is 10.4. The van der Waals surface area contributed by atoms with Gasteiger partial charge in [-0.2, -0.15) is 0 Å². The van der Waals surface area contributed by atoms with Gasteiger partial charge < -0.3 is 5.11 Å². The van der Waals surface area contributed by atoms with Crippen LogP contribution in [-0.4, -0.2) is 11.2 Å². The van der Waals surface area contributed by atoms with E-state index in [2.05, 4.69) is 27.4 Å². The first kappa shape index (κ1) is 12.2. The predicted molar refractivity (Wildman–Crippen MR) is 68.2 cm³/mol. The van der Waals surface area contributed by atoms with E-state index in [-0.39, 0.29) is 6.10 Å². The molecule has 92 valence electrons. The molecular weight excluding hydrogens is 196 g/mol. The van der Waals surface area contributed by atoms with Crippen LogP contribution in [0.5, 0.6) is 0 Å². The second kappa shape index (κ2) is 4.18. The van der Waals surface area contributed by atoms with Gasteiger partial charge in [0.2, 0.25) is 0 Å². The number of aliphatic hydroxyl groups is 1. The third kappa shape index (κ3) is 1.84. The molecule has 1 N–H and O–H groups in total. The first-order valence-electron chi connectivity index (χ1n) is 6.81. The third-order valence-corrected chi connectivity index (χ3v) is 5.04. The van der Waals surface area contributed by atoms with E-state index in [1.807, 2.05) is 0 Å². The lowest BCUT2D eigenvalue weighted by Crippen LogP contribution is -2.36. The molecule has 0 saturated heterocycles. The topological polar surface area (TPSA) is 20.2 Å². The smallest absolute Gasteiger partial charge is 0.0597 e. The SMILES string of the molecule is C=C1CCC[C@]2(C)CC[C@H]([C@H](O)C(C)C)[C@@H]12. The molecule has 2 aliphatic carbocycles. The second-order valence-electron chi connectivity index (χ2n) is 6.58. The Bertz CT molecular complexity index is 281. The molecule has 0 aliphatic heterocycles. The largest absolute Gasteiger partial charge is 0.393 e. The monoisotopic (exact) mass is 222 g/mol. The summed E-state index contributed by atoms with van der Waals surface area (Å²) in [4.78, 5) is 0. The second-order valence-corrected chi connectivity index (χ2v) is 6.58. The summed E-state index contributed by atoms with van der Waals surface area (Å²) in [5.74, 6) is 1.43. The van der Waals surface area contributed by atoms with E-state index < -0.39 is 0 Å². The van der Waals surface area contributed by atoms with Crippen LogP contribution in [0.2, 0.25) is 0 Å². The molecule has 0 unspecified atom stereocenters. The van der Waals surface area contributed by atoms with Crippen molar-refractivity contribution in [1.29, 1.82) is 0 Å². The standard InChI is InChI=1S/C15H26O/c1-10(2)14(16)12-7-9-15(4)8-5-6-11(3)13(12)15/h10,12-14,16H,3,5-9H2,1-2,4H3/t12-,13+,14+,15+/m0/s1. The predicted octanol–water partition coefficient (Wildman–Crippen LogP) is 3.78. The van der Waals surface area contributed by atoms with Crippen LogP contribution in [0.4, 0.5) is 0 Å². The van der Waals surface area contributed by atoms with Crippen LogP contribution in [0.25, 0.3) is 0 Å². The van der Waals surface area contributed by atoms with Gasteiger partial charge in [-0.05, 0) is 55.3 Å². The summed E-state index contributed by atoms with van der Waals surface area (Å²) in [6, 6.07) is 0. The lowest BCUT2D eigenvalue weighted by atomic mass is 9.64. The van der Waals surface area contributed by atoms with Gasteiger partial charge in [0.15, 0.2) is 0 Å². The van der Waals surface area contributed by atoms with Crippen molar-refractivity contribution >= 4 is 0 Å². The normalized spacial score (nSPS) is 41.2. The molecule has 0 aromatic carbocycles. The zero-order valence-corrected chi connectivity index (χ0v) is 11.0. The number of rotatable bonds is 2. The lowest BCUT2D eigenvalue weighted by Gasteiger charge is -2.41. The van der Waals surface area contributed by atoms with Crippen LogP contribution in [-0.2, 0) is 0 Å². The summed E-state index contributed by atoms with van der Waals surface area (Å²) >= 11 is 0. The molecule has 0 bridgehead atoms. The molecule has 2 fully saturated rings. The number of fused-ring (bicyclic) bond motifs is 1. The fraction of sp³-hybridized carbons (Fsp3) is 0.867. The van der Waals surface area contributed by atoms with Gasteiger partial charge in [-0.25, -0.2) is 0 Å². The Morgan fingerprint density at radius 1 is 1.38 bits per heavy atom. The number of hydrogen-bond donors (Lipinski definition) is 1. The number of hydrogen-bond acceptors (Lipinski definition) is 1. The molecule has 0 aromatic rings. The molecule has 2 saturated carbocycles. The fourth-order valence-corrected chi connectivity index (χ4v) is 4.15. The minimum absolute atomic E-state index is 0.137. The van der Waals surface area contributed by atoms with E-state index in [0.717, 1.165) is 0 Å².